The number of thiazole rings is 1. The highest BCUT2D eigenvalue weighted by molar-refractivity contribution is 7.22. The highest BCUT2D eigenvalue weighted by atomic mass is 32.1. The molecule has 0 unspecified atom stereocenters. The summed E-state index contributed by atoms with van der Waals surface area (Å²) in [6.07, 6.45) is 0.851. The third-order valence-corrected chi connectivity index (χ3v) is 6.31. The lowest BCUT2D eigenvalue weighted by Gasteiger charge is -2.27. The van der Waals surface area contributed by atoms with Crippen LogP contribution in [0.1, 0.15) is 30.6 Å². The SMILES string of the molecule is CC(C)Oc1ccc(C(=O)N(CCCN2CCOCC2)c2nc3c(F)cccc3s2)cc1. The molecular formula is C24H28FN3O3S. The van der Waals surface area contributed by atoms with Gasteiger partial charge in [0.05, 0.1) is 24.0 Å². The van der Waals surface area contributed by atoms with Crippen LogP contribution in [0.15, 0.2) is 42.5 Å². The van der Waals surface area contributed by atoms with Crippen LogP contribution in [-0.2, 0) is 4.74 Å². The van der Waals surface area contributed by atoms with Crippen LogP contribution >= 0.6 is 11.3 Å². The van der Waals surface area contributed by atoms with Crippen LogP contribution in [0.25, 0.3) is 10.2 Å². The number of benzene rings is 2. The number of nitrogens with zero attached hydrogens (tertiary/aromatic N) is 3. The van der Waals surface area contributed by atoms with E-state index in [2.05, 4.69) is 9.88 Å². The molecule has 32 heavy (non-hydrogen) atoms. The van der Waals surface area contributed by atoms with E-state index in [1.165, 1.54) is 17.4 Å². The average Bonchev–Trinajstić information content (AvgIpc) is 3.22. The Bertz CT molecular complexity index is 1050. The van der Waals surface area contributed by atoms with Gasteiger partial charge >= 0.3 is 0 Å². The van der Waals surface area contributed by atoms with Crippen molar-refractivity contribution >= 4 is 32.6 Å². The molecule has 0 N–H and O–H groups in total. The molecule has 0 bridgehead atoms. The van der Waals surface area contributed by atoms with Crippen LogP contribution in [0, 0.1) is 5.82 Å². The zero-order valence-electron chi connectivity index (χ0n) is 18.4. The molecule has 2 heterocycles. The first-order chi connectivity index (χ1) is 15.5. The van der Waals surface area contributed by atoms with Gasteiger partial charge in [0.15, 0.2) is 5.13 Å². The Morgan fingerprint density at radius 3 is 2.66 bits per heavy atom. The molecule has 0 aliphatic carbocycles. The largest absolute Gasteiger partial charge is 0.491 e. The number of hydrogen-bond donors (Lipinski definition) is 0. The minimum Gasteiger partial charge on any atom is -0.491 e. The number of fused-ring (bicyclic) bond motifs is 1. The minimum absolute atomic E-state index is 0.0610. The normalized spacial score (nSPS) is 14.8. The molecule has 2 aromatic carbocycles. The van der Waals surface area contributed by atoms with Crippen molar-refractivity contribution in [1.29, 1.82) is 0 Å². The number of amides is 1. The van der Waals surface area contributed by atoms with Gasteiger partial charge in [-0.05, 0) is 56.7 Å². The van der Waals surface area contributed by atoms with E-state index in [0.717, 1.165) is 49.7 Å². The fraction of sp³-hybridized carbons (Fsp3) is 0.417. The fourth-order valence-electron chi connectivity index (χ4n) is 3.68. The van der Waals surface area contributed by atoms with E-state index < -0.39 is 0 Å². The molecule has 1 amide bonds. The molecule has 1 aromatic heterocycles. The summed E-state index contributed by atoms with van der Waals surface area (Å²) in [4.78, 5) is 21.9. The predicted molar refractivity (Wildman–Crippen MR) is 125 cm³/mol. The van der Waals surface area contributed by atoms with Gasteiger partial charge in [0.25, 0.3) is 5.91 Å². The van der Waals surface area contributed by atoms with E-state index >= 15 is 0 Å². The summed E-state index contributed by atoms with van der Waals surface area (Å²) in [6, 6.07) is 12.0. The monoisotopic (exact) mass is 457 g/mol. The van der Waals surface area contributed by atoms with Crippen LogP contribution < -0.4 is 9.64 Å². The second-order valence-corrected chi connectivity index (χ2v) is 9.05. The zero-order chi connectivity index (χ0) is 22.5. The van der Waals surface area contributed by atoms with Crippen molar-refractivity contribution in [2.24, 2.45) is 0 Å². The molecule has 0 radical (unpaired) electrons. The van der Waals surface area contributed by atoms with Crippen molar-refractivity contribution in [3.63, 3.8) is 0 Å². The molecule has 6 nitrogen and oxygen atoms in total. The molecule has 0 saturated carbocycles. The lowest BCUT2D eigenvalue weighted by molar-refractivity contribution is 0.0376. The number of carbonyl (C=O) groups excluding carboxylic acids is 1. The number of rotatable bonds is 8. The molecular weight excluding hydrogens is 429 g/mol. The molecule has 4 rings (SSSR count). The molecule has 3 aromatic rings. The maximum Gasteiger partial charge on any atom is 0.260 e. The van der Waals surface area contributed by atoms with E-state index in [4.69, 9.17) is 9.47 Å². The lowest BCUT2D eigenvalue weighted by atomic mass is 10.2. The summed E-state index contributed by atoms with van der Waals surface area (Å²) in [6.45, 7) is 8.57. The van der Waals surface area contributed by atoms with Gasteiger partial charge < -0.3 is 9.47 Å². The van der Waals surface area contributed by atoms with Gasteiger partial charge in [0.1, 0.15) is 17.1 Å². The molecule has 1 saturated heterocycles. The zero-order valence-corrected chi connectivity index (χ0v) is 19.2. The van der Waals surface area contributed by atoms with Gasteiger partial charge in [-0.15, -0.1) is 0 Å². The lowest BCUT2D eigenvalue weighted by Crippen LogP contribution is -2.39. The number of morpholine rings is 1. The third kappa shape index (κ3) is 5.43. The Kier molecular flexibility index (Phi) is 7.34. The fourth-order valence-corrected chi connectivity index (χ4v) is 4.69. The van der Waals surface area contributed by atoms with Crippen LogP contribution in [-0.4, -0.2) is 61.3 Å². The summed E-state index contributed by atoms with van der Waals surface area (Å²) in [5.74, 6) is 0.195. The summed E-state index contributed by atoms with van der Waals surface area (Å²) < 4.78 is 26.1. The van der Waals surface area contributed by atoms with Crippen LogP contribution in [0.5, 0.6) is 5.75 Å². The maximum absolute atomic E-state index is 14.2. The first-order valence-electron chi connectivity index (χ1n) is 10.9. The molecule has 8 heteroatoms. The van der Waals surface area contributed by atoms with Crippen molar-refractivity contribution in [2.45, 2.75) is 26.4 Å². The predicted octanol–water partition coefficient (Wildman–Crippen LogP) is 4.59. The Morgan fingerprint density at radius 2 is 1.97 bits per heavy atom. The molecule has 1 fully saturated rings. The van der Waals surface area contributed by atoms with Crippen LogP contribution in [0.4, 0.5) is 9.52 Å². The van der Waals surface area contributed by atoms with E-state index in [9.17, 15) is 9.18 Å². The van der Waals surface area contributed by atoms with Gasteiger partial charge in [-0.3, -0.25) is 14.6 Å². The van der Waals surface area contributed by atoms with Crippen LogP contribution in [0.2, 0.25) is 0 Å². The van der Waals surface area contributed by atoms with Gasteiger partial charge in [-0.2, -0.15) is 0 Å². The van der Waals surface area contributed by atoms with Gasteiger partial charge in [0.2, 0.25) is 0 Å². The summed E-state index contributed by atoms with van der Waals surface area (Å²) in [5, 5.41) is 0.514. The molecule has 1 aliphatic heterocycles. The standard InChI is InChI=1S/C24H28FN3O3S/c1-17(2)31-19-9-7-18(8-10-19)23(29)28(12-4-11-27-13-15-30-16-14-27)24-26-22-20(25)5-3-6-21(22)32-24/h3,5-10,17H,4,11-16H2,1-2H3. The maximum atomic E-state index is 14.2. The molecule has 170 valence electrons. The molecule has 0 spiro atoms. The number of hydrogen-bond acceptors (Lipinski definition) is 6. The first-order valence-corrected chi connectivity index (χ1v) is 11.8. The van der Waals surface area contributed by atoms with Gasteiger partial charge in [-0.25, -0.2) is 9.37 Å². The number of halogens is 1. The third-order valence-electron chi connectivity index (χ3n) is 5.27. The van der Waals surface area contributed by atoms with Crippen molar-refractivity contribution < 1.29 is 18.7 Å². The van der Waals surface area contributed by atoms with E-state index in [0.29, 0.717) is 22.8 Å². The molecule has 1 aliphatic rings. The minimum atomic E-state index is -0.374. The Labute approximate surface area is 191 Å². The highest BCUT2D eigenvalue weighted by Crippen LogP contribution is 2.31. The first kappa shape index (κ1) is 22.6. The second-order valence-electron chi connectivity index (χ2n) is 8.04. The number of anilines is 1. The summed E-state index contributed by atoms with van der Waals surface area (Å²) in [7, 11) is 0. The van der Waals surface area contributed by atoms with E-state index in [1.807, 2.05) is 19.9 Å². The van der Waals surface area contributed by atoms with Crippen molar-refractivity contribution in [3.8, 4) is 5.75 Å². The average molecular weight is 458 g/mol. The van der Waals surface area contributed by atoms with Crippen molar-refractivity contribution in [1.82, 2.24) is 9.88 Å². The van der Waals surface area contributed by atoms with E-state index in [1.54, 1.807) is 35.2 Å². The summed E-state index contributed by atoms with van der Waals surface area (Å²) >= 11 is 1.34. The topological polar surface area (TPSA) is 54.9 Å². The number of carbonyl (C=O) groups is 1. The number of aromatic nitrogens is 1. The smallest absolute Gasteiger partial charge is 0.260 e. The second kappa shape index (κ2) is 10.4. The number of para-hydroxylation sites is 1. The Morgan fingerprint density at radius 1 is 1.22 bits per heavy atom. The Hall–Kier alpha value is -2.55. The van der Waals surface area contributed by atoms with Crippen molar-refractivity contribution in [2.75, 3.05) is 44.3 Å². The number of ether oxygens (including phenoxy) is 2. The van der Waals surface area contributed by atoms with Crippen LogP contribution in [0.3, 0.4) is 0 Å². The van der Waals surface area contributed by atoms with Gasteiger partial charge in [0, 0.05) is 31.7 Å². The van der Waals surface area contributed by atoms with Crippen molar-refractivity contribution in [3.05, 3.63) is 53.8 Å². The van der Waals surface area contributed by atoms with Gasteiger partial charge in [-0.1, -0.05) is 17.4 Å². The highest BCUT2D eigenvalue weighted by Gasteiger charge is 2.23. The molecule has 0 atom stereocenters. The summed E-state index contributed by atoms with van der Waals surface area (Å²) in [5.41, 5.74) is 0.853. The quantitative estimate of drug-likeness (QED) is 0.495. The van der Waals surface area contributed by atoms with E-state index in [-0.39, 0.29) is 17.8 Å². The Balaban J connectivity index is 1.55.